The maximum atomic E-state index is 12.5. The molecule has 0 heterocycles. The number of sulfone groups is 2. The van der Waals surface area contributed by atoms with Crippen LogP contribution in [0.5, 0.6) is 0 Å². The maximum absolute atomic E-state index is 12.5. The molecule has 0 bridgehead atoms. The number of nitriles is 1. The summed E-state index contributed by atoms with van der Waals surface area (Å²) in [6.07, 6.45) is 2.26. The third-order valence-electron chi connectivity index (χ3n) is 3.13. The minimum Gasteiger partial charge on any atom is -0.224 e. The number of halogens is 1. The summed E-state index contributed by atoms with van der Waals surface area (Å²) in [6.45, 7) is 0. The molecule has 124 valence electrons. The van der Waals surface area contributed by atoms with Crippen LogP contribution in [0, 0.1) is 11.3 Å². The Labute approximate surface area is 145 Å². The van der Waals surface area contributed by atoms with Crippen LogP contribution in [0.4, 0.5) is 0 Å². The Morgan fingerprint density at radius 2 is 1.46 bits per heavy atom. The molecule has 24 heavy (non-hydrogen) atoms. The Bertz CT molecular complexity index is 1030. The first kappa shape index (κ1) is 18.2. The van der Waals surface area contributed by atoms with Crippen LogP contribution < -0.4 is 0 Å². The monoisotopic (exact) mass is 381 g/mol. The molecule has 0 spiro atoms. The minimum absolute atomic E-state index is 0.0487. The Morgan fingerprint density at radius 3 is 1.92 bits per heavy atom. The first-order valence-corrected chi connectivity index (χ1v) is 10.3. The molecule has 8 heteroatoms. The van der Waals surface area contributed by atoms with Crippen LogP contribution >= 0.6 is 11.6 Å². The highest BCUT2D eigenvalue weighted by molar-refractivity contribution is 7.95. The Kier molecular flexibility index (Phi) is 5.13. The molecule has 5 nitrogen and oxygen atoms in total. The predicted octanol–water partition coefficient (Wildman–Crippen LogP) is 3.08. The molecule has 0 unspecified atom stereocenters. The zero-order valence-electron chi connectivity index (χ0n) is 12.5. The van der Waals surface area contributed by atoms with Gasteiger partial charge in [-0.1, -0.05) is 23.7 Å². The van der Waals surface area contributed by atoms with Gasteiger partial charge in [-0.15, -0.1) is 0 Å². The molecule has 2 aromatic rings. The SMILES string of the molecule is CS(=O)(=O)c1ccc(/C=C(\C#N)S(=O)(=O)c2ccc(Cl)cc2)cc1. The fourth-order valence-electron chi connectivity index (χ4n) is 1.87. The van der Waals surface area contributed by atoms with Gasteiger partial charge in [-0.25, -0.2) is 16.8 Å². The molecule has 0 aliphatic rings. The van der Waals surface area contributed by atoms with E-state index in [1.807, 2.05) is 0 Å². The van der Waals surface area contributed by atoms with E-state index in [4.69, 9.17) is 11.6 Å². The fraction of sp³-hybridized carbons (Fsp3) is 0.0625. The van der Waals surface area contributed by atoms with Gasteiger partial charge in [0.2, 0.25) is 9.84 Å². The number of rotatable bonds is 4. The topological polar surface area (TPSA) is 92.1 Å². The van der Waals surface area contributed by atoms with Gasteiger partial charge in [-0.3, -0.25) is 0 Å². The second kappa shape index (κ2) is 6.77. The summed E-state index contributed by atoms with van der Waals surface area (Å²) in [5, 5.41) is 9.59. The maximum Gasteiger partial charge on any atom is 0.216 e. The fourth-order valence-corrected chi connectivity index (χ4v) is 3.79. The van der Waals surface area contributed by atoms with Crippen LogP contribution in [0.1, 0.15) is 5.56 Å². The molecule has 0 aliphatic heterocycles. The van der Waals surface area contributed by atoms with E-state index in [2.05, 4.69) is 0 Å². The van der Waals surface area contributed by atoms with Gasteiger partial charge in [0.1, 0.15) is 11.0 Å². The zero-order chi connectivity index (χ0) is 18.0. The van der Waals surface area contributed by atoms with E-state index in [1.165, 1.54) is 54.6 Å². The van der Waals surface area contributed by atoms with Crippen molar-refractivity contribution in [2.75, 3.05) is 6.26 Å². The largest absolute Gasteiger partial charge is 0.224 e. The van der Waals surface area contributed by atoms with Gasteiger partial charge in [-0.2, -0.15) is 5.26 Å². The Morgan fingerprint density at radius 1 is 0.958 bits per heavy atom. The van der Waals surface area contributed by atoms with Gasteiger partial charge < -0.3 is 0 Å². The lowest BCUT2D eigenvalue weighted by Crippen LogP contribution is -2.03. The molecule has 0 amide bonds. The van der Waals surface area contributed by atoms with Crippen LogP contribution in [0.15, 0.2) is 63.2 Å². The van der Waals surface area contributed by atoms with Crippen LogP contribution in [-0.4, -0.2) is 23.1 Å². The quantitative estimate of drug-likeness (QED) is 0.759. The van der Waals surface area contributed by atoms with Crippen molar-refractivity contribution in [1.82, 2.24) is 0 Å². The first-order valence-electron chi connectivity index (χ1n) is 6.57. The van der Waals surface area contributed by atoms with E-state index in [0.29, 0.717) is 10.6 Å². The van der Waals surface area contributed by atoms with Crippen molar-refractivity contribution >= 4 is 37.4 Å². The molecule has 0 fully saturated rings. The molecule has 0 saturated carbocycles. The van der Waals surface area contributed by atoms with Gasteiger partial charge in [0.25, 0.3) is 0 Å². The van der Waals surface area contributed by atoms with Crippen molar-refractivity contribution in [1.29, 1.82) is 5.26 Å². The first-order chi connectivity index (χ1) is 11.1. The van der Waals surface area contributed by atoms with Crippen LogP contribution in [0.25, 0.3) is 6.08 Å². The van der Waals surface area contributed by atoms with Crippen molar-refractivity contribution in [2.45, 2.75) is 9.79 Å². The summed E-state index contributed by atoms with van der Waals surface area (Å²) in [4.78, 5) is -0.386. The Hall–Kier alpha value is -2.14. The average Bonchev–Trinajstić information content (AvgIpc) is 2.52. The van der Waals surface area contributed by atoms with E-state index < -0.39 is 24.6 Å². The lowest BCUT2D eigenvalue weighted by Gasteiger charge is -2.04. The van der Waals surface area contributed by atoms with E-state index in [9.17, 15) is 22.1 Å². The molecular weight excluding hydrogens is 370 g/mol. The summed E-state index contributed by atoms with van der Waals surface area (Å²) in [5.74, 6) is 0. The summed E-state index contributed by atoms with van der Waals surface area (Å²) in [6, 6.07) is 12.7. The van der Waals surface area contributed by atoms with Crippen molar-refractivity contribution < 1.29 is 16.8 Å². The zero-order valence-corrected chi connectivity index (χ0v) is 14.9. The molecule has 2 rings (SSSR count). The summed E-state index contributed by atoms with van der Waals surface area (Å²) >= 11 is 5.73. The molecule has 2 aromatic carbocycles. The molecular formula is C16H12ClNO4S2. The van der Waals surface area contributed by atoms with Gasteiger partial charge in [0.15, 0.2) is 9.84 Å². The van der Waals surface area contributed by atoms with Crippen LogP contribution in [-0.2, 0) is 19.7 Å². The highest BCUT2D eigenvalue weighted by atomic mass is 35.5. The normalized spacial score (nSPS) is 12.6. The second-order valence-corrected chi connectivity index (χ2v) is 9.29. The average molecular weight is 382 g/mol. The predicted molar refractivity (Wildman–Crippen MR) is 91.8 cm³/mol. The number of hydrogen-bond acceptors (Lipinski definition) is 5. The molecule has 0 aromatic heterocycles. The number of hydrogen-bond donors (Lipinski definition) is 0. The summed E-state index contributed by atoms with van der Waals surface area (Å²) < 4.78 is 47.8. The summed E-state index contributed by atoms with van der Waals surface area (Å²) in [5.41, 5.74) is 0.400. The van der Waals surface area contributed by atoms with E-state index in [-0.39, 0.29) is 9.79 Å². The van der Waals surface area contributed by atoms with E-state index in [1.54, 1.807) is 6.07 Å². The molecule has 0 saturated heterocycles. The number of allylic oxidation sites excluding steroid dienone is 1. The summed E-state index contributed by atoms with van der Waals surface area (Å²) in [7, 11) is -7.33. The van der Waals surface area contributed by atoms with Crippen LogP contribution in [0.2, 0.25) is 5.02 Å². The van der Waals surface area contributed by atoms with Crippen molar-refractivity contribution in [3.63, 3.8) is 0 Å². The molecule has 0 radical (unpaired) electrons. The molecule has 0 aliphatic carbocycles. The minimum atomic E-state index is -3.98. The van der Waals surface area contributed by atoms with E-state index in [0.717, 1.165) is 6.26 Å². The standard InChI is InChI=1S/C16H12ClNO4S2/c1-23(19,20)14-6-2-12(3-7-14)10-16(11-18)24(21,22)15-8-4-13(17)5-9-15/h2-10H,1H3/b16-10+. The third-order valence-corrected chi connectivity index (χ3v) is 6.19. The van der Waals surface area contributed by atoms with Crippen LogP contribution in [0.3, 0.4) is 0 Å². The third kappa shape index (κ3) is 4.03. The van der Waals surface area contributed by atoms with Crippen molar-refractivity contribution in [2.24, 2.45) is 0 Å². The van der Waals surface area contributed by atoms with E-state index >= 15 is 0 Å². The molecule has 0 atom stereocenters. The molecule has 0 N–H and O–H groups in total. The van der Waals surface area contributed by atoms with Crippen molar-refractivity contribution in [3.05, 3.63) is 64.0 Å². The highest BCUT2D eigenvalue weighted by Gasteiger charge is 2.20. The van der Waals surface area contributed by atoms with Crippen molar-refractivity contribution in [3.8, 4) is 6.07 Å². The van der Waals surface area contributed by atoms with Gasteiger partial charge in [0.05, 0.1) is 9.79 Å². The smallest absolute Gasteiger partial charge is 0.216 e. The van der Waals surface area contributed by atoms with Gasteiger partial charge in [-0.05, 0) is 48.0 Å². The lowest BCUT2D eigenvalue weighted by molar-refractivity contribution is 0.600. The number of benzene rings is 2. The Balaban J connectivity index is 2.46. The lowest BCUT2D eigenvalue weighted by atomic mass is 10.2. The van der Waals surface area contributed by atoms with Gasteiger partial charge >= 0.3 is 0 Å². The number of nitrogens with zero attached hydrogens (tertiary/aromatic N) is 1. The second-order valence-electron chi connectivity index (χ2n) is 4.92. The van der Waals surface area contributed by atoms with Gasteiger partial charge in [0, 0.05) is 11.3 Å². The highest BCUT2D eigenvalue weighted by Crippen LogP contribution is 2.23.